The molecule has 0 radical (unpaired) electrons. The lowest BCUT2D eigenvalue weighted by Crippen LogP contribution is -1.95. The molecule has 0 unspecified atom stereocenters. The Kier molecular flexibility index (Phi) is 4.00. The fraction of sp³-hybridized carbons (Fsp3) is 0.333. The van der Waals surface area contributed by atoms with Crippen LogP contribution in [0, 0.1) is 6.92 Å². The molecule has 108 valence electrons. The van der Waals surface area contributed by atoms with E-state index in [1.807, 2.05) is 6.07 Å². The minimum atomic E-state index is 0.843. The van der Waals surface area contributed by atoms with Crippen molar-refractivity contribution in [3.63, 3.8) is 0 Å². The van der Waals surface area contributed by atoms with E-state index < -0.39 is 0 Å². The molecule has 3 aromatic rings. The van der Waals surface area contributed by atoms with Gasteiger partial charge in [-0.15, -0.1) is 0 Å². The van der Waals surface area contributed by atoms with E-state index >= 15 is 0 Å². The maximum absolute atomic E-state index is 4.66. The van der Waals surface area contributed by atoms with Crippen LogP contribution in [0.15, 0.2) is 36.4 Å². The van der Waals surface area contributed by atoms with Gasteiger partial charge in [-0.2, -0.15) is 0 Å². The SMILES string of the molecule is CCCCc1nc2nc(C)c(Cc3ccccc3)cc2[nH]1. The quantitative estimate of drug-likeness (QED) is 0.760. The minimum absolute atomic E-state index is 0.843. The van der Waals surface area contributed by atoms with Gasteiger partial charge in [-0.25, -0.2) is 9.97 Å². The molecule has 3 rings (SSSR count). The fourth-order valence-electron chi connectivity index (χ4n) is 2.58. The van der Waals surface area contributed by atoms with E-state index in [2.05, 4.69) is 59.1 Å². The van der Waals surface area contributed by atoms with Crippen molar-refractivity contribution < 1.29 is 0 Å². The fourth-order valence-corrected chi connectivity index (χ4v) is 2.58. The summed E-state index contributed by atoms with van der Waals surface area (Å²) in [5.41, 5.74) is 5.54. The van der Waals surface area contributed by atoms with Crippen LogP contribution in [0.4, 0.5) is 0 Å². The van der Waals surface area contributed by atoms with Gasteiger partial charge < -0.3 is 4.98 Å². The number of nitrogens with one attached hydrogen (secondary N) is 1. The molecule has 1 N–H and O–H groups in total. The molecule has 0 bridgehead atoms. The molecule has 0 saturated carbocycles. The van der Waals surface area contributed by atoms with Crippen LogP contribution < -0.4 is 0 Å². The van der Waals surface area contributed by atoms with E-state index in [9.17, 15) is 0 Å². The molecule has 0 aliphatic rings. The standard InChI is InChI=1S/C18H21N3/c1-3-4-10-17-20-16-12-15(13(2)19-18(16)21-17)11-14-8-6-5-7-9-14/h5-9,12H,3-4,10-11H2,1-2H3,(H,19,20,21). The summed E-state index contributed by atoms with van der Waals surface area (Å²) in [5, 5.41) is 0. The number of fused-ring (bicyclic) bond motifs is 1. The van der Waals surface area contributed by atoms with Crippen LogP contribution in [0.1, 0.15) is 42.4 Å². The van der Waals surface area contributed by atoms with Crippen LogP contribution in [0.25, 0.3) is 11.2 Å². The highest BCUT2D eigenvalue weighted by Gasteiger charge is 2.08. The normalized spacial score (nSPS) is 11.1. The summed E-state index contributed by atoms with van der Waals surface area (Å²) in [6.07, 6.45) is 4.26. The third kappa shape index (κ3) is 3.13. The molecule has 0 fully saturated rings. The highest BCUT2D eigenvalue weighted by Crippen LogP contribution is 2.18. The number of hydrogen-bond donors (Lipinski definition) is 1. The molecule has 0 spiro atoms. The van der Waals surface area contributed by atoms with Gasteiger partial charge in [0.15, 0.2) is 5.65 Å². The molecule has 0 saturated heterocycles. The second kappa shape index (κ2) is 6.08. The number of imidazole rings is 1. The molecule has 0 aliphatic heterocycles. The van der Waals surface area contributed by atoms with Crippen molar-refractivity contribution >= 4 is 11.2 Å². The lowest BCUT2D eigenvalue weighted by molar-refractivity contribution is 0.764. The van der Waals surface area contributed by atoms with Crippen LogP contribution in [0.2, 0.25) is 0 Å². The zero-order chi connectivity index (χ0) is 14.7. The van der Waals surface area contributed by atoms with Gasteiger partial charge in [-0.05, 0) is 37.0 Å². The van der Waals surface area contributed by atoms with Crippen molar-refractivity contribution in [2.24, 2.45) is 0 Å². The Balaban J connectivity index is 1.90. The van der Waals surface area contributed by atoms with Crippen LogP contribution in [-0.4, -0.2) is 15.0 Å². The first-order valence-electron chi connectivity index (χ1n) is 7.65. The summed E-state index contributed by atoms with van der Waals surface area (Å²) in [6, 6.07) is 12.7. The molecule has 0 aliphatic carbocycles. The van der Waals surface area contributed by atoms with Gasteiger partial charge in [0.25, 0.3) is 0 Å². The van der Waals surface area contributed by atoms with Gasteiger partial charge in [0.2, 0.25) is 0 Å². The van der Waals surface area contributed by atoms with Crippen molar-refractivity contribution in [1.82, 2.24) is 15.0 Å². The molecule has 1 aromatic carbocycles. The summed E-state index contributed by atoms with van der Waals surface area (Å²) in [7, 11) is 0. The van der Waals surface area contributed by atoms with Gasteiger partial charge in [-0.1, -0.05) is 43.7 Å². The number of hydrogen-bond acceptors (Lipinski definition) is 2. The molecular formula is C18H21N3. The first-order valence-corrected chi connectivity index (χ1v) is 7.65. The molecule has 3 nitrogen and oxygen atoms in total. The average molecular weight is 279 g/mol. The number of aromatic nitrogens is 3. The summed E-state index contributed by atoms with van der Waals surface area (Å²) in [5.74, 6) is 1.05. The number of aromatic amines is 1. The molecule has 3 heteroatoms. The molecule has 2 aromatic heterocycles. The average Bonchev–Trinajstić information content (AvgIpc) is 2.88. The lowest BCUT2D eigenvalue weighted by atomic mass is 10.0. The van der Waals surface area contributed by atoms with Crippen molar-refractivity contribution in [1.29, 1.82) is 0 Å². The van der Waals surface area contributed by atoms with E-state index in [1.165, 1.54) is 17.5 Å². The predicted molar refractivity (Wildman–Crippen MR) is 86.5 cm³/mol. The first-order chi connectivity index (χ1) is 10.3. The largest absolute Gasteiger partial charge is 0.341 e. The van der Waals surface area contributed by atoms with Crippen LogP contribution in [0.3, 0.4) is 0 Å². The van der Waals surface area contributed by atoms with Crippen LogP contribution in [0.5, 0.6) is 0 Å². The number of unbranched alkanes of at least 4 members (excludes halogenated alkanes) is 1. The van der Waals surface area contributed by atoms with Crippen LogP contribution >= 0.6 is 0 Å². The molecule has 21 heavy (non-hydrogen) atoms. The number of pyridine rings is 1. The molecular weight excluding hydrogens is 258 g/mol. The third-order valence-electron chi connectivity index (χ3n) is 3.82. The maximum Gasteiger partial charge on any atom is 0.177 e. The summed E-state index contributed by atoms with van der Waals surface area (Å²) < 4.78 is 0. The number of rotatable bonds is 5. The third-order valence-corrected chi connectivity index (χ3v) is 3.82. The van der Waals surface area contributed by atoms with E-state index in [1.54, 1.807) is 0 Å². The van der Waals surface area contributed by atoms with Crippen molar-refractivity contribution in [2.45, 2.75) is 39.5 Å². The van der Waals surface area contributed by atoms with E-state index in [0.29, 0.717) is 0 Å². The monoisotopic (exact) mass is 279 g/mol. The number of nitrogens with zero attached hydrogens (tertiary/aromatic N) is 2. The zero-order valence-corrected chi connectivity index (χ0v) is 12.7. The Morgan fingerprint density at radius 2 is 1.90 bits per heavy atom. The first kappa shape index (κ1) is 13.8. The van der Waals surface area contributed by atoms with Gasteiger partial charge in [0.1, 0.15) is 5.82 Å². The predicted octanol–water partition coefficient (Wildman–Crippen LogP) is 4.20. The Bertz CT molecular complexity index is 729. The smallest absolute Gasteiger partial charge is 0.177 e. The van der Waals surface area contributed by atoms with E-state index in [4.69, 9.17) is 0 Å². The second-order valence-electron chi connectivity index (χ2n) is 5.55. The van der Waals surface area contributed by atoms with Crippen molar-refractivity contribution in [3.8, 4) is 0 Å². The summed E-state index contributed by atoms with van der Waals surface area (Å²) in [4.78, 5) is 12.7. The Morgan fingerprint density at radius 3 is 2.67 bits per heavy atom. The summed E-state index contributed by atoms with van der Waals surface area (Å²) in [6.45, 7) is 4.27. The highest BCUT2D eigenvalue weighted by molar-refractivity contribution is 5.72. The topological polar surface area (TPSA) is 41.6 Å². The van der Waals surface area contributed by atoms with Gasteiger partial charge >= 0.3 is 0 Å². The Labute approximate surface area is 125 Å². The molecule has 2 heterocycles. The Hall–Kier alpha value is -2.16. The van der Waals surface area contributed by atoms with E-state index in [0.717, 1.165) is 41.9 Å². The number of aryl methyl sites for hydroxylation is 2. The van der Waals surface area contributed by atoms with Crippen molar-refractivity contribution in [2.75, 3.05) is 0 Å². The summed E-state index contributed by atoms with van der Waals surface area (Å²) >= 11 is 0. The molecule has 0 atom stereocenters. The maximum atomic E-state index is 4.66. The molecule has 0 amide bonds. The van der Waals surface area contributed by atoms with E-state index in [-0.39, 0.29) is 0 Å². The minimum Gasteiger partial charge on any atom is -0.341 e. The number of benzene rings is 1. The van der Waals surface area contributed by atoms with Gasteiger partial charge in [0.05, 0.1) is 5.52 Å². The van der Waals surface area contributed by atoms with Crippen LogP contribution in [-0.2, 0) is 12.8 Å². The van der Waals surface area contributed by atoms with Gasteiger partial charge in [-0.3, -0.25) is 0 Å². The highest BCUT2D eigenvalue weighted by atomic mass is 15.0. The van der Waals surface area contributed by atoms with Crippen molar-refractivity contribution in [3.05, 3.63) is 59.0 Å². The zero-order valence-electron chi connectivity index (χ0n) is 12.7. The van der Waals surface area contributed by atoms with Gasteiger partial charge in [0, 0.05) is 12.1 Å². The second-order valence-corrected chi connectivity index (χ2v) is 5.55. The lowest BCUT2D eigenvalue weighted by Gasteiger charge is -2.05. The number of H-pyrrole nitrogens is 1. The Morgan fingerprint density at radius 1 is 1.10 bits per heavy atom.